The zero-order valence-corrected chi connectivity index (χ0v) is 21.9. The summed E-state index contributed by atoms with van der Waals surface area (Å²) in [6.45, 7) is 5.16. The van der Waals surface area contributed by atoms with Crippen LogP contribution in [0.4, 0.5) is 0 Å². The van der Waals surface area contributed by atoms with Crippen molar-refractivity contribution in [1.29, 1.82) is 0 Å². The molecule has 0 aromatic rings. The molecule has 0 rings (SSSR count). The van der Waals surface area contributed by atoms with Gasteiger partial charge in [0.25, 0.3) is 0 Å². The summed E-state index contributed by atoms with van der Waals surface area (Å²) in [6.07, 6.45) is 11.2. The molecular weight excluding hydrogens is 495 g/mol. The fourth-order valence-electron chi connectivity index (χ4n) is 1.95. The average Bonchev–Trinajstić information content (AvgIpc) is 2.52. The molecule has 0 aliphatic rings. The lowest BCUT2D eigenvalue weighted by atomic mass is 10.1. The monoisotopic (exact) mass is 528 g/mol. The molecule has 0 atom stereocenters. The standard InChI is InChI=1S/C8H17Cl2O2P.C8H18O.Cl3OP/c1-2-3-4-5-6-7-8-12-13(9,10)11;1-2-3-4-5-6-7-8-9;1-5(2,3)4/h2-8H2,1H3;9H,2-8H2,1H3;. The molecule has 1 N–H and O–H groups in total. The van der Waals surface area contributed by atoms with Gasteiger partial charge >= 0.3 is 11.3 Å². The van der Waals surface area contributed by atoms with Gasteiger partial charge in [0, 0.05) is 6.61 Å². The Morgan fingerprint density at radius 1 is 0.667 bits per heavy atom. The predicted molar refractivity (Wildman–Crippen MR) is 124 cm³/mol. The molecule has 27 heavy (non-hydrogen) atoms. The van der Waals surface area contributed by atoms with Crippen molar-refractivity contribution in [3.63, 3.8) is 0 Å². The second-order valence-corrected chi connectivity index (χ2v) is 16.8. The third kappa shape index (κ3) is 58.4. The van der Waals surface area contributed by atoms with Gasteiger partial charge in [-0.3, -0.25) is 9.13 Å². The van der Waals surface area contributed by atoms with Gasteiger partial charge in [0.2, 0.25) is 0 Å². The molecule has 4 nitrogen and oxygen atoms in total. The second kappa shape index (κ2) is 24.1. The molecule has 0 unspecified atom stereocenters. The minimum Gasteiger partial charge on any atom is -0.396 e. The largest absolute Gasteiger partial charge is 0.396 e. The summed E-state index contributed by atoms with van der Waals surface area (Å²) in [5.41, 5.74) is 0. The van der Waals surface area contributed by atoms with Crippen molar-refractivity contribution in [3.8, 4) is 0 Å². The van der Waals surface area contributed by atoms with Crippen LogP contribution in [-0.2, 0) is 13.7 Å². The van der Waals surface area contributed by atoms with Crippen LogP contribution in [0.2, 0.25) is 0 Å². The number of aliphatic hydroxyl groups excluding tert-OH is 1. The second-order valence-electron chi connectivity index (χ2n) is 5.91. The molecule has 0 aromatic heterocycles. The highest BCUT2D eigenvalue weighted by molar-refractivity contribution is 8.24. The first-order chi connectivity index (χ1) is 12.5. The summed E-state index contributed by atoms with van der Waals surface area (Å²) in [6, 6.07) is 0. The lowest BCUT2D eigenvalue weighted by molar-refractivity contribution is 0.282. The van der Waals surface area contributed by atoms with E-state index in [1.165, 1.54) is 57.8 Å². The Morgan fingerprint density at radius 3 is 1.33 bits per heavy atom. The van der Waals surface area contributed by atoms with Gasteiger partial charge in [-0.15, -0.1) is 0 Å². The number of hydrogen-bond donors (Lipinski definition) is 1. The van der Waals surface area contributed by atoms with Crippen LogP contribution in [0.5, 0.6) is 0 Å². The van der Waals surface area contributed by atoms with E-state index in [1.807, 2.05) is 0 Å². The maximum atomic E-state index is 10.7. The molecular formula is C16H35Cl5O4P2. The molecule has 0 aliphatic carbocycles. The van der Waals surface area contributed by atoms with Gasteiger partial charge in [-0.1, -0.05) is 78.1 Å². The number of rotatable bonds is 14. The van der Waals surface area contributed by atoms with Gasteiger partial charge in [-0.2, -0.15) is 0 Å². The highest BCUT2D eigenvalue weighted by Crippen LogP contribution is 2.61. The van der Waals surface area contributed by atoms with Crippen LogP contribution in [0.1, 0.15) is 90.9 Å². The van der Waals surface area contributed by atoms with E-state index in [1.54, 1.807) is 0 Å². The Labute approximate surface area is 189 Å². The van der Waals surface area contributed by atoms with Crippen LogP contribution in [0.15, 0.2) is 0 Å². The number of aliphatic hydroxyl groups is 1. The normalized spacial score (nSPS) is 11.3. The lowest BCUT2D eigenvalue weighted by Gasteiger charge is -2.03. The molecule has 0 aliphatic heterocycles. The Bertz CT molecular complexity index is 364. The Hall–Kier alpha value is 1.83. The molecule has 0 saturated carbocycles. The third-order valence-electron chi connectivity index (χ3n) is 3.25. The SMILES string of the molecule is CCCCCCCCO.CCCCCCCCOP(=O)(Cl)Cl.O=P(Cl)(Cl)Cl. The van der Waals surface area contributed by atoms with Crippen molar-refractivity contribution >= 4 is 67.5 Å². The summed E-state index contributed by atoms with van der Waals surface area (Å²) < 4.78 is 24.9. The number of hydrogen-bond acceptors (Lipinski definition) is 4. The molecule has 11 heteroatoms. The van der Waals surface area contributed by atoms with Crippen LogP contribution in [0.3, 0.4) is 0 Å². The van der Waals surface area contributed by atoms with E-state index in [9.17, 15) is 9.13 Å². The summed E-state index contributed by atoms with van der Waals surface area (Å²) in [4.78, 5) is 0. The Morgan fingerprint density at radius 2 is 1.00 bits per heavy atom. The lowest BCUT2D eigenvalue weighted by Crippen LogP contribution is -1.87. The highest BCUT2D eigenvalue weighted by atomic mass is 36.0. The minimum absolute atomic E-state index is 0.367. The van der Waals surface area contributed by atoms with E-state index in [4.69, 9.17) is 32.1 Å². The minimum atomic E-state index is -3.28. The Kier molecular flexibility index (Phi) is 29.9. The van der Waals surface area contributed by atoms with Crippen molar-refractivity contribution in [2.75, 3.05) is 13.2 Å². The van der Waals surface area contributed by atoms with Gasteiger partial charge in [0.1, 0.15) is 0 Å². The number of halogens is 5. The maximum Gasteiger partial charge on any atom is 0.380 e. The van der Waals surface area contributed by atoms with Crippen LogP contribution in [0.25, 0.3) is 0 Å². The molecule has 0 fully saturated rings. The molecule has 0 amide bonds. The molecule has 0 heterocycles. The van der Waals surface area contributed by atoms with Crippen molar-refractivity contribution in [2.45, 2.75) is 90.9 Å². The van der Waals surface area contributed by atoms with E-state index >= 15 is 0 Å². The topological polar surface area (TPSA) is 63.6 Å². The van der Waals surface area contributed by atoms with E-state index < -0.39 is 11.3 Å². The summed E-state index contributed by atoms with van der Waals surface area (Å²) >= 11 is 24.2. The van der Waals surface area contributed by atoms with Crippen LogP contribution in [-0.4, -0.2) is 18.3 Å². The highest BCUT2D eigenvalue weighted by Gasteiger charge is 2.12. The predicted octanol–water partition coefficient (Wildman–Crippen LogP) is 10.1. The van der Waals surface area contributed by atoms with Crippen LogP contribution in [0, 0.1) is 0 Å². The molecule has 168 valence electrons. The first-order valence-corrected chi connectivity index (χ1v) is 17.3. The third-order valence-corrected chi connectivity index (χ3v) is 4.32. The average molecular weight is 531 g/mol. The van der Waals surface area contributed by atoms with Crippen molar-refractivity contribution < 1.29 is 18.8 Å². The zero-order chi connectivity index (χ0) is 21.6. The summed E-state index contributed by atoms with van der Waals surface area (Å²) in [7, 11) is 0. The van der Waals surface area contributed by atoms with Crippen LogP contribution < -0.4 is 0 Å². The summed E-state index contributed by atoms with van der Waals surface area (Å²) in [5.74, 6) is 0. The number of unbranched alkanes of at least 4 members (excludes halogenated alkanes) is 10. The maximum absolute atomic E-state index is 10.7. The fraction of sp³-hybridized carbons (Fsp3) is 1.00. The van der Waals surface area contributed by atoms with Crippen molar-refractivity contribution in [3.05, 3.63) is 0 Å². The van der Waals surface area contributed by atoms with Gasteiger partial charge in [0.15, 0.2) is 0 Å². The van der Waals surface area contributed by atoms with Crippen molar-refractivity contribution in [2.24, 2.45) is 0 Å². The van der Waals surface area contributed by atoms with E-state index in [2.05, 4.69) is 47.6 Å². The Balaban J connectivity index is -0.000000356. The molecule has 0 spiro atoms. The van der Waals surface area contributed by atoms with E-state index in [0.717, 1.165) is 19.3 Å². The van der Waals surface area contributed by atoms with Crippen LogP contribution >= 0.6 is 67.5 Å². The quantitative estimate of drug-likeness (QED) is 0.179. The van der Waals surface area contributed by atoms with Gasteiger partial charge in [-0.25, -0.2) is 0 Å². The van der Waals surface area contributed by atoms with Gasteiger partial charge in [0.05, 0.1) is 6.61 Å². The summed E-state index contributed by atoms with van der Waals surface area (Å²) in [5, 5.41) is 5.20. The zero-order valence-electron chi connectivity index (χ0n) is 16.4. The molecule has 0 radical (unpaired) electrons. The van der Waals surface area contributed by atoms with E-state index in [-0.39, 0.29) is 0 Å². The molecule has 0 aromatic carbocycles. The smallest absolute Gasteiger partial charge is 0.380 e. The first kappa shape index (κ1) is 33.5. The van der Waals surface area contributed by atoms with Gasteiger partial charge < -0.3 is 9.63 Å². The van der Waals surface area contributed by atoms with Crippen molar-refractivity contribution in [1.82, 2.24) is 0 Å². The van der Waals surface area contributed by atoms with E-state index in [0.29, 0.717) is 13.2 Å². The van der Waals surface area contributed by atoms with Gasteiger partial charge in [-0.05, 0) is 69.0 Å². The fourth-order valence-corrected chi connectivity index (χ4v) is 2.70. The first-order valence-electron chi connectivity index (χ1n) is 9.41. The molecule has 0 bridgehead atoms. The molecule has 0 saturated heterocycles.